The van der Waals surface area contributed by atoms with Crippen LogP contribution in [-0.4, -0.2) is 49.0 Å². The summed E-state index contributed by atoms with van der Waals surface area (Å²) >= 11 is 0. The molecule has 1 fully saturated rings. The van der Waals surface area contributed by atoms with Crippen molar-refractivity contribution in [3.05, 3.63) is 46.4 Å². The van der Waals surface area contributed by atoms with E-state index < -0.39 is 4.92 Å². The number of aromatic nitrogens is 5. The molecular weight excluding hydrogens is 314 g/mol. The summed E-state index contributed by atoms with van der Waals surface area (Å²) in [5, 5.41) is 19.6. The molecule has 3 aromatic rings. The normalized spacial score (nSPS) is 18.2. The molecule has 1 unspecified atom stereocenters. The molecule has 1 saturated heterocycles. The summed E-state index contributed by atoms with van der Waals surface area (Å²) in [4.78, 5) is 16.6. The van der Waals surface area contributed by atoms with Crippen molar-refractivity contribution in [2.75, 3.05) is 24.6 Å². The average molecular weight is 329 g/mol. The lowest BCUT2D eigenvalue weighted by Crippen LogP contribution is -2.39. The zero-order valence-corrected chi connectivity index (χ0v) is 12.9. The quantitative estimate of drug-likeness (QED) is 0.520. The Morgan fingerprint density at radius 2 is 2.25 bits per heavy atom. The first-order valence-electron chi connectivity index (χ1n) is 7.46. The van der Waals surface area contributed by atoms with Crippen LogP contribution in [0.4, 0.5) is 11.6 Å². The van der Waals surface area contributed by atoms with Crippen LogP contribution in [0.25, 0.3) is 5.65 Å². The molecule has 0 saturated carbocycles. The van der Waals surface area contributed by atoms with Gasteiger partial charge in [-0.2, -0.15) is 5.10 Å². The molecule has 10 nitrogen and oxygen atoms in total. The van der Waals surface area contributed by atoms with Gasteiger partial charge < -0.3 is 19.8 Å². The van der Waals surface area contributed by atoms with Crippen LogP contribution in [0.2, 0.25) is 0 Å². The largest absolute Gasteiger partial charge is 0.370 e. The summed E-state index contributed by atoms with van der Waals surface area (Å²) < 4.78 is 8.80. The van der Waals surface area contributed by atoms with Gasteiger partial charge in [-0.05, 0) is 11.0 Å². The van der Waals surface area contributed by atoms with E-state index in [2.05, 4.69) is 15.2 Å². The van der Waals surface area contributed by atoms with E-state index in [0.29, 0.717) is 31.2 Å². The van der Waals surface area contributed by atoms with Crippen molar-refractivity contribution in [1.29, 1.82) is 0 Å². The smallest absolute Gasteiger partial charge is 0.368 e. The minimum Gasteiger partial charge on any atom is -0.370 e. The molecule has 0 aliphatic carbocycles. The number of aryl methyl sites for hydroxylation is 1. The van der Waals surface area contributed by atoms with Crippen molar-refractivity contribution in [1.82, 2.24) is 24.4 Å². The maximum absolute atomic E-state index is 11.1. The summed E-state index contributed by atoms with van der Waals surface area (Å²) in [5.41, 5.74) is 1.44. The van der Waals surface area contributed by atoms with Crippen LogP contribution in [0, 0.1) is 10.1 Å². The van der Waals surface area contributed by atoms with Crippen molar-refractivity contribution in [2.45, 2.75) is 6.10 Å². The van der Waals surface area contributed by atoms with Crippen LogP contribution in [-0.2, 0) is 11.8 Å². The van der Waals surface area contributed by atoms with E-state index in [0.717, 1.165) is 5.56 Å². The van der Waals surface area contributed by atoms with Crippen molar-refractivity contribution in [3.8, 4) is 0 Å². The molecule has 4 heterocycles. The molecule has 3 aromatic heterocycles. The fraction of sp³-hybridized carbons (Fsp3) is 0.357. The van der Waals surface area contributed by atoms with E-state index >= 15 is 0 Å². The standard InChI is InChI=1S/C14H15N7O3/c1-18-8-10(6-16-18)11-9-19(4-5-24-11)13-3-2-12-15-7-14(21(22)23)20(12)17-13/h2-3,6-8,11H,4-5,9H2,1H3. The van der Waals surface area contributed by atoms with E-state index in [1.54, 1.807) is 16.9 Å². The highest BCUT2D eigenvalue weighted by molar-refractivity contribution is 5.49. The van der Waals surface area contributed by atoms with Crippen molar-refractivity contribution >= 4 is 17.3 Å². The van der Waals surface area contributed by atoms with Gasteiger partial charge in [0.15, 0.2) is 5.82 Å². The van der Waals surface area contributed by atoms with E-state index in [1.807, 2.05) is 24.2 Å². The van der Waals surface area contributed by atoms with E-state index in [9.17, 15) is 10.1 Å². The minimum absolute atomic E-state index is 0.109. The van der Waals surface area contributed by atoms with Gasteiger partial charge in [0.05, 0.1) is 19.3 Å². The lowest BCUT2D eigenvalue weighted by molar-refractivity contribution is -0.391. The third-order valence-corrected chi connectivity index (χ3v) is 4.00. The molecular formula is C14H15N7O3. The molecule has 1 aliphatic heterocycles. The molecule has 1 aliphatic rings. The van der Waals surface area contributed by atoms with E-state index in [-0.39, 0.29) is 11.9 Å². The first-order valence-corrected chi connectivity index (χ1v) is 7.46. The van der Waals surface area contributed by atoms with Crippen molar-refractivity contribution in [2.24, 2.45) is 7.05 Å². The van der Waals surface area contributed by atoms with Crippen LogP contribution < -0.4 is 4.90 Å². The third kappa shape index (κ3) is 2.46. The fourth-order valence-electron chi connectivity index (χ4n) is 2.81. The molecule has 4 rings (SSSR count). The lowest BCUT2D eigenvalue weighted by Gasteiger charge is -2.32. The molecule has 0 spiro atoms. The monoisotopic (exact) mass is 329 g/mol. The molecule has 24 heavy (non-hydrogen) atoms. The summed E-state index contributed by atoms with van der Waals surface area (Å²) in [7, 11) is 1.86. The first-order chi connectivity index (χ1) is 11.6. The molecule has 0 aromatic carbocycles. The SMILES string of the molecule is Cn1cc(C2CN(c3ccc4ncc([N+](=O)[O-])n4n3)CCO2)cn1. The number of nitro groups is 1. The van der Waals surface area contributed by atoms with Gasteiger partial charge in [-0.3, -0.25) is 4.68 Å². The lowest BCUT2D eigenvalue weighted by atomic mass is 10.1. The number of ether oxygens (including phenoxy) is 1. The number of hydrogen-bond donors (Lipinski definition) is 0. The third-order valence-electron chi connectivity index (χ3n) is 4.00. The first kappa shape index (κ1) is 14.6. The second-order valence-corrected chi connectivity index (χ2v) is 5.59. The Bertz CT molecular complexity index is 903. The van der Waals surface area contributed by atoms with Gasteiger partial charge in [0.2, 0.25) is 5.65 Å². The topological polar surface area (TPSA) is 104 Å². The van der Waals surface area contributed by atoms with Gasteiger partial charge in [0.25, 0.3) is 0 Å². The maximum Gasteiger partial charge on any atom is 0.368 e. The minimum atomic E-state index is -0.492. The van der Waals surface area contributed by atoms with Gasteiger partial charge in [0.1, 0.15) is 12.3 Å². The molecule has 0 bridgehead atoms. The number of anilines is 1. The molecule has 0 amide bonds. The number of imidazole rings is 1. The highest BCUT2D eigenvalue weighted by Crippen LogP contribution is 2.25. The highest BCUT2D eigenvalue weighted by atomic mass is 16.6. The molecule has 124 valence electrons. The zero-order valence-electron chi connectivity index (χ0n) is 12.9. The number of rotatable bonds is 3. The highest BCUT2D eigenvalue weighted by Gasteiger charge is 2.25. The van der Waals surface area contributed by atoms with Gasteiger partial charge >= 0.3 is 5.82 Å². The van der Waals surface area contributed by atoms with Crippen LogP contribution in [0.5, 0.6) is 0 Å². The van der Waals surface area contributed by atoms with Crippen LogP contribution in [0.15, 0.2) is 30.7 Å². The van der Waals surface area contributed by atoms with Gasteiger partial charge in [-0.15, -0.1) is 0 Å². The number of morpholine rings is 1. The Kier molecular flexibility index (Phi) is 3.38. The zero-order chi connectivity index (χ0) is 16.7. The molecule has 10 heteroatoms. The number of hydrogen-bond acceptors (Lipinski definition) is 7. The van der Waals surface area contributed by atoms with Crippen molar-refractivity contribution < 1.29 is 9.66 Å². The average Bonchev–Trinajstić information content (AvgIpc) is 3.20. The molecule has 0 N–H and O–H groups in total. The van der Waals surface area contributed by atoms with Gasteiger partial charge in [-0.1, -0.05) is 9.61 Å². The molecule has 1 atom stereocenters. The van der Waals surface area contributed by atoms with Crippen LogP contribution in [0.1, 0.15) is 11.7 Å². The Hall–Kier alpha value is -3.01. The Balaban J connectivity index is 1.64. The second-order valence-electron chi connectivity index (χ2n) is 5.59. The Labute approximate surface area is 136 Å². The van der Waals surface area contributed by atoms with Crippen molar-refractivity contribution in [3.63, 3.8) is 0 Å². The number of fused-ring (bicyclic) bond motifs is 1. The predicted molar refractivity (Wildman–Crippen MR) is 83.8 cm³/mol. The molecule has 0 radical (unpaired) electrons. The van der Waals surface area contributed by atoms with Gasteiger partial charge in [0, 0.05) is 31.4 Å². The second kappa shape index (κ2) is 5.57. The van der Waals surface area contributed by atoms with Crippen LogP contribution >= 0.6 is 0 Å². The summed E-state index contributed by atoms with van der Waals surface area (Å²) in [6.07, 6.45) is 4.81. The van der Waals surface area contributed by atoms with Crippen LogP contribution in [0.3, 0.4) is 0 Å². The Morgan fingerprint density at radius 1 is 1.38 bits per heavy atom. The van der Waals surface area contributed by atoms with E-state index in [1.165, 1.54) is 10.7 Å². The maximum atomic E-state index is 11.1. The van der Waals surface area contributed by atoms with E-state index in [4.69, 9.17) is 4.74 Å². The summed E-state index contributed by atoms with van der Waals surface area (Å²) in [6, 6.07) is 3.54. The number of nitrogens with zero attached hydrogens (tertiary/aromatic N) is 7. The van der Waals surface area contributed by atoms with Gasteiger partial charge in [-0.25, -0.2) is 4.98 Å². The predicted octanol–water partition coefficient (Wildman–Crippen LogP) is 0.949. The fourth-order valence-corrected chi connectivity index (χ4v) is 2.81. The summed E-state index contributed by atoms with van der Waals surface area (Å²) in [5.74, 6) is 0.504. The Morgan fingerprint density at radius 3 is 3.00 bits per heavy atom. The summed E-state index contributed by atoms with van der Waals surface area (Å²) in [6.45, 7) is 1.82.